The zero-order valence-corrected chi connectivity index (χ0v) is 16.6. The molecule has 0 aliphatic carbocycles. The summed E-state index contributed by atoms with van der Waals surface area (Å²) >= 11 is 5.94. The van der Waals surface area contributed by atoms with Crippen LogP contribution in [0.15, 0.2) is 54.7 Å². The van der Waals surface area contributed by atoms with Gasteiger partial charge >= 0.3 is 6.18 Å². The summed E-state index contributed by atoms with van der Waals surface area (Å²) in [6, 6.07) is 12.2. The number of nitrogens with zero attached hydrogens (tertiary/aromatic N) is 2. The molecule has 0 saturated heterocycles. The topological polar surface area (TPSA) is 70.1 Å². The van der Waals surface area contributed by atoms with Crippen LogP contribution < -0.4 is 10.6 Å². The van der Waals surface area contributed by atoms with Crippen LogP contribution in [0.25, 0.3) is 0 Å². The number of rotatable bonds is 8. The number of halogens is 4. The fraction of sp³-hybridized carbons (Fsp3) is 0.238. The zero-order chi connectivity index (χ0) is 21.6. The predicted octanol–water partition coefficient (Wildman–Crippen LogP) is 5.28. The van der Waals surface area contributed by atoms with Gasteiger partial charge in [-0.15, -0.1) is 0 Å². The highest BCUT2D eigenvalue weighted by atomic mass is 35.5. The van der Waals surface area contributed by atoms with Crippen LogP contribution in [0.2, 0.25) is 5.02 Å². The Labute approximate surface area is 177 Å². The maximum absolute atomic E-state index is 13.0. The van der Waals surface area contributed by atoms with Gasteiger partial charge in [0.25, 0.3) is 0 Å². The van der Waals surface area contributed by atoms with E-state index in [9.17, 15) is 13.2 Å². The van der Waals surface area contributed by atoms with Crippen molar-refractivity contribution >= 4 is 28.9 Å². The van der Waals surface area contributed by atoms with Crippen LogP contribution in [-0.4, -0.2) is 28.2 Å². The maximum atomic E-state index is 13.0. The molecule has 0 radical (unpaired) electrons. The average Bonchev–Trinajstić information content (AvgIpc) is 2.71. The first kappa shape index (κ1) is 21.9. The van der Waals surface area contributed by atoms with Gasteiger partial charge in [-0.25, -0.2) is 9.97 Å². The lowest BCUT2D eigenvalue weighted by Crippen LogP contribution is -2.10. The highest BCUT2D eigenvalue weighted by Gasteiger charge is 2.30. The van der Waals surface area contributed by atoms with E-state index in [2.05, 4.69) is 20.6 Å². The number of hydrogen-bond acceptors (Lipinski definition) is 5. The van der Waals surface area contributed by atoms with Crippen molar-refractivity contribution in [2.45, 2.75) is 19.0 Å². The first-order chi connectivity index (χ1) is 14.3. The summed E-state index contributed by atoms with van der Waals surface area (Å²) in [4.78, 5) is 8.73. The Hall–Kier alpha value is -2.84. The van der Waals surface area contributed by atoms with E-state index in [1.807, 2.05) is 12.1 Å². The van der Waals surface area contributed by atoms with Gasteiger partial charge in [0.15, 0.2) is 0 Å². The molecule has 0 atom stereocenters. The molecular weight excluding hydrogens is 417 g/mol. The van der Waals surface area contributed by atoms with E-state index in [0.717, 1.165) is 17.7 Å². The van der Waals surface area contributed by atoms with Gasteiger partial charge in [-0.05, 0) is 42.3 Å². The Bertz CT molecular complexity index is 981. The summed E-state index contributed by atoms with van der Waals surface area (Å²) in [7, 11) is 0. The third-order valence-electron chi connectivity index (χ3n) is 4.24. The van der Waals surface area contributed by atoms with Gasteiger partial charge in [-0.1, -0.05) is 29.8 Å². The Balaban J connectivity index is 1.89. The third-order valence-corrected chi connectivity index (χ3v) is 4.49. The third kappa shape index (κ3) is 6.08. The van der Waals surface area contributed by atoms with Crippen LogP contribution in [0.5, 0.6) is 0 Å². The van der Waals surface area contributed by atoms with E-state index >= 15 is 0 Å². The van der Waals surface area contributed by atoms with Crippen molar-refractivity contribution in [3.63, 3.8) is 0 Å². The fourth-order valence-electron chi connectivity index (χ4n) is 2.75. The van der Waals surface area contributed by atoms with E-state index < -0.39 is 11.7 Å². The summed E-state index contributed by atoms with van der Waals surface area (Å²) in [5.74, 6) is 0.377. The van der Waals surface area contributed by atoms with Crippen molar-refractivity contribution in [3.8, 4) is 0 Å². The minimum Gasteiger partial charge on any atom is -0.396 e. The molecule has 0 amide bonds. The standard InChI is InChI=1S/C21H20ClF3N4O/c22-16-7-5-14(6-8-16)11-18-19(13-27-20(29-18)26-9-2-10-30)28-17-4-1-3-15(12-17)21(23,24)25/h1,3-8,12-13,28,30H,2,9-11H2,(H,26,27,29). The molecular formula is C21H20ClF3N4O. The molecule has 1 heterocycles. The molecule has 0 saturated carbocycles. The van der Waals surface area contributed by atoms with E-state index in [4.69, 9.17) is 16.7 Å². The monoisotopic (exact) mass is 436 g/mol. The Kier molecular flexibility index (Phi) is 7.12. The Morgan fingerprint density at radius 1 is 1.07 bits per heavy atom. The number of aromatic nitrogens is 2. The van der Waals surface area contributed by atoms with Crippen molar-refractivity contribution in [2.24, 2.45) is 0 Å². The molecule has 0 bridgehead atoms. The smallest absolute Gasteiger partial charge is 0.396 e. The van der Waals surface area contributed by atoms with E-state index in [1.54, 1.807) is 18.2 Å². The molecule has 3 N–H and O–H groups in total. The lowest BCUT2D eigenvalue weighted by atomic mass is 10.1. The van der Waals surface area contributed by atoms with Crippen LogP contribution in [0.1, 0.15) is 23.2 Å². The number of nitrogens with one attached hydrogen (secondary N) is 2. The Morgan fingerprint density at radius 2 is 1.83 bits per heavy atom. The molecule has 0 aliphatic heterocycles. The van der Waals surface area contributed by atoms with Gasteiger partial charge < -0.3 is 15.7 Å². The van der Waals surface area contributed by atoms with Gasteiger partial charge in [0.2, 0.25) is 5.95 Å². The number of aliphatic hydroxyl groups excluding tert-OH is 1. The molecule has 0 spiro atoms. The van der Waals surface area contributed by atoms with Gasteiger partial charge in [-0.2, -0.15) is 13.2 Å². The molecule has 1 aromatic heterocycles. The number of aliphatic hydroxyl groups is 1. The van der Waals surface area contributed by atoms with Crippen molar-refractivity contribution in [3.05, 3.63) is 76.6 Å². The number of anilines is 3. The zero-order valence-electron chi connectivity index (χ0n) is 15.9. The summed E-state index contributed by atoms with van der Waals surface area (Å²) in [5.41, 5.74) is 1.58. The van der Waals surface area contributed by atoms with Crippen LogP contribution in [-0.2, 0) is 12.6 Å². The van der Waals surface area contributed by atoms with Crippen LogP contribution in [0.3, 0.4) is 0 Å². The predicted molar refractivity (Wildman–Crippen MR) is 111 cm³/mol. The SMILES string of the molecule is OCCCNc1ncc(Nc2cccc(C(F)(F)F)c2)c(Cc2ccc(Cl)cc2)n1. The van der Waals surface area contributed by atoms with Gasteiger partial charge in [-0.3, -0.25) is 0 Å². The lowest BCUT2D eigenvalue weighted by molar-refractivity contribution is -0.137. The molecule has 3 aromatic rings. The van der Waals surface area contributed by atoms with Crippen molar-refractivity contribution in [2.75, 3.05) is 23.8 Å². The molecule has 0 unspecified atom stereocenters. The molecule has 2 aromatic carbocycles. The molecule has 9 heteroatoms. The minimum absolute atomic E-state index is 0.0415. The van der Waals surface area contributed by atoms with Gasteiger partial charge in [0, 0.05) is 30.3 Å². The maximum Gasteiger partial charge on any atom is 0.416 e. The second kappa shape index (κ2) is 9.77. The number of benzene rings is 2. The summed E-state index contributed by atoms with van der Waals surface area (Å²) < 4.78 is 39.1. The number of hydrogen-bond donors (Lipinski definition) is 3. The lowest BCUT2D eigenvalue weighted by Gasteiger charge is -2.14. The highest BCUT2D eigenvalue weighted by Crippen LogP contribution is 2.32. The van der Waals surface area contributed by atoms with Crippen LogP contribution in [0.4, 0.5) is 30.5 Å². The first-order valence-electron chi connectivity index (χ1n) is 9.24. The second-order valence-corrected chi connectivity index (χ2v) is 7.00. The summed E-state index contributed by atoms with van der Waals surface area (Å²) in [5, 5.41) is 15.5. The van der Waals surface area contributed by atoms with Gasteiger partial charge in [0.05, 0.1) is 23.1 Å². The van der Waals surface area contributed by atoms with Crippen LogP contribution in [0, 0.1) is 0 Å². The molecule has 0 fully saturated rings. The van der Waals surface area contributed by atoms with Crippen molar-refractivity contribution < 1.29 is 18.3 Å². The van der Waals surface area contributed by atoms with E-state index in [0.29, 0.717) is 41.7 Å². The highest BCUT2D eigenvalue weighted by molar-refractivity contribution is 6.30. The molecule has 3 rings (SSSR count). The van der Waals surface area contributed by atoms with Crippen LogP contribution >= 0.6 is 11.6 Å². The summed E-state index contributed by atoms with van der Waals surface area (Å²) in [6.45, 7) is 0.539. The Morgan fingerprint density at radius 3 is 2.53 bits per heavy atom. The largest absolute Gasteiger partial charge is 0.416 e. The average molecular weight is 437 g/mol. The van der Waals surface area contributed by atoms with E-state index in [-0.39, 0.29) is 12.3 Å². The first-order valence-corrected chi connectivity index (χ1v) is 9.62. The number of alkyl halides is 3. The second-order valence-electron chi connectivity index (χ2n) is 6.56. The molecule has 0 aliphatic rings. The fourth-order valence-corrected chi connectivity index (χ4v) is 2.87. The van der Waals surface area contributed by atoms with Crippen molar-refractivity contribution in [1.82, 2.24) is 9.97 Å². The molecule has 5 nitrogen and oxygen atoms in total. The molecule has 30 heavy (non-hydrogen) atoms. The minimum atomic E-state index is -4.43. The molecule has 158 valence electrons. The van der Waals surface area contributed by atoms with E-state index in [1.165, 1.54) is 12.3 Å². The quantitative estimate of drug-likeness (QED) is 0.419. The normalized spacial score (nSPS) is 11.4. The summed E-state index contributed by atoms with van der Waals surface area (Å²) in [6.07, 6.45) is -1.93. The van der Waals surface area contributed by atoms with Gasteiger partial charge in [0.1, 0.15) is 0 Å². The van der Waals surface area contributed by atoms with Crippen molar-refractivity contribution in [1.29, 1.82) is 0 Å².